The molecule has 0 amide bonds. The lowest BCUT2D eigenvalue weighted by Gasteiger charge is -2.24. The minimum atomic E-state index is -4.55. The van der Waals surface area contributed by atoms with Gasteiger partial charge in [0, 0.05) is 7.11 Å². The molecule has 6 rings (SSSR count). The smallest absolute Gasteiger partial charge is 0.377 e. The summed E-state index contributed by atoms with van der Waals surface area (Å²) < 4.78 is 93.9. The van der Waals surface area contributed by atoms with E-state index in [1.807, 2.05) is 0 Å². The van der Waals surface area contributed by atoms with Gasteiger partial charge in [-0.2, -0.15) is 0 Å². The van der Waals surface area contributed by atoms with E-state index in [9.17, 15) is 14.3 Å². The zero-order valence-electron chi connectivity index (χ0n) is 23.4. The molecule has 1 saturated heterocycles. The molecule has 46 heavy (non-hydrogen) atoms. The highest BCUT2D eigenvalue weighted by Crippen LogP contribution is 2.57. The number of ether oxygens (including phenoxy) is 2. The van der Waals surface area contributed by atoms with Gasteiger partial charge in [-0.25, -0.2) is 37.3 Å². The number of nitrogens with zero attached hydrogens (tertiary/aromatic N) is 6. The van der Waals surface area contributed by atoms with Gasteiger partial charge in [-0.15, -0.1) is 0 Å². The molecule has 6 atom stereocenters. The molecule has 25 heteroatoms. The van der Waals surface area contributed by atoms with E-state index in [0.29, 0.717) is 0 Å². The summed E-state index contributed by atoms with van der Waals surface area (Å²) in [7, 11) is 1.39. The highest BCUT2D eigenvalue weighted by atomic mass is 32.7. The van der Waals surface area contributed by atoms with Crippen molar-refractivity contribution in [2.24, 2.45) is 0 Å². The third-order valence-corrected chi connectivity index (χ3v) is 9.94. The minimum Gasteiger partial charge on any atom is -0.377 e. The first-order chi connectivity index (χ1) is 21.7. The van der Waals surface area contributed by atoms with E-state index < -0.39 is 76.0 Å². The maximum Gasteiger partial charge on any atom is 0.387 e. The number of halogens is 3. The monoisotopic (exact) mass is 730 g/mol. The molecule has 0 aliphatic carbocycles. The molecule has 4 aromatic rings. The summed E-state index contributed by atoms with van der Waals surface area (Å²) >= 11 is 8.88. The Labute approximate surface area is 265 Å². The van der Waals surface area contributed by atoms with Crippen molar-refractivity contribution in [3.8, 4) is 0 Å². The number of alkyl halides is 3. The van der Waals surface area contributed by atoms with Gasteiger partial charge in [-0.1, -0.05) is 17.2 Å². The lowest BCUT2D eigenvalue weighted by molar-refractivity contribution is -0.744. The molecule has 6 unspecified atom stereocenters. The molecule has 2 aliphatic heterocycles. The highest BCUT2D eigenvalue weighted by molar-refractivity contribution is 8.44. The van der Waals surface area contributed by atoms with Crippen LogP contribution in [0.3, 0.4) is 0 Å². The van der Waals surface area contributed by atoms with Crippen molar-refractivity contribution in [2.45, 2.75) is 50.3 Å². The Bertz CT molecular complexity index is 1950. The molecule has 0 spiro atoms. The molecule has 0 saturated carbocycles. The van der Waals surface area contributed by atoms with Crippen LogP contribution in [0.1, 0.15) is 17.9 Å². The zero-order chi connectivity index (χ0) is 33.0. The number of hydrogen-bond acceptors (Lipinski definition) is 14. The summed E-state index contributed by atoms with van der Waals surface area (Å²) in [4.78, 5) is 44.4. The second kappa shape index (κ2) is 12.5. The van der Waals surface area contributed by atoms with Crippen LogP contribution in [0.5, 0.6) is 0 Å². The van der Waals surface area contributed by atoms with Crippen LogP contribution in [0.25, 0.3) is 22.3 Å². The summed E-state index contributed by atoms with van der Waals surface area (Å²) in [6, 6.07) is 0. The third-order valence-electron chi connectivity index (χ3n) is 6.78. The highest BCUT2D eigenvalue weighted by Gasteiger charge is 2.53. The number of nitrogen functional groups attached to an aromatic ring is 1. The number of nitrogens with one attached hydrogen (secondary N) is 2. The number of anilines is 1. The number of hydrogen-bond donors (Lipinski definition) is 5. The molecular weight excluding hydrogens is 705 g/mol. The minimum absolute atomic E-state index is 0.0438. The fraction of sp³-hybridized carbons (Fsp3) is 0.524. The number of imidazole rings is 2. The lowest BCUT2D eigenvalue weighted by atomic mass is 10.1. The Balaban J connectivity index is 1.40. The van der Waals surface area contributed by atoms with E-state index in [-0.39, 0.29) is 46.5 Å². The van der Waals surface area contributed by atoms with Gasteiger partial charge in [0.1, 0.15) is 37.3 Å². The number of rotatable bonds is 3. The van der Waals surface area contributed by atoms with Gasteiger partial charge in [0.25, 0.3) is 17.4 Å². The van der Waals surface area contributed by atoms with Crippen LogP contribution in [0.2, 0.25) is 0 Å². The quantitative estimate of drug-likeness (QED) is 0.113. The van der Waals surface area contributed by atoms with Crippen LogP contribution in [-0.2, 0) is 63.7 Å². The first-order valence-electron chi connectivity index (χ1n) is 13.1. The number of methoxy groups -OCH3 is 1. The predicted octanol–water partition coefficient (Wildman–Crippen LogP) is 1.18. The Morgan fingerprint density at radius 1 is 1.33 bits per heavy atom. The van der Waals surface area contributed by atoms with Gasteiger partial charge in [-0.3, -0.25) is 23.8 Å². The number of aromatic amines is 2. The topological polar surface area (TPSA) is 228 Å². The fourth-order valence-corrected chi connectivity index (χ4v) is 7.28. The van der Waals surface area contributed by atoms with Crippen LogP contribution in [0, 0.1) is 0 Å². The van der Waals surface area contributed by atoms with E-state index in [1.165, 1.54) is 19.6 Å². The number of nitrogens with two attached hydrogens (primary N) is 1. The molecule has 1 fully saturated rings. The standard InChI is InChI=1S/C21H24F3N9O9P2S2/c1-37-4-11-26-2-9-16(29-11)32-6-21(23,24)7-40-43(35,45)38-3-10-13(22)15(42-44(36,46)39-5-12(32)28-9)19(41-10)33-8-27-14-17(33)30-20(25)31-18(14)34/h2,8,10,13,15,19H,3-7H2,1H3,(H5,25,30,31,34,35,36,45,46)/p+1. The summed E-state index contributed by atoms with van der Waals surface area (Å²) in [6.45, 7) is -13.0. The first-order valence-corrected chi connectivity index (χ1v) is 18.4. The average molecular weight is 731 g/mol. The van der Waals surface area contributed by atoms with E-state index in [0.717, 1.165) is 9.13 Å². The number of thiol groups is 1. The van der Waals surface area contributed by atoms with Crippen molar-refractivity contribution in [3.63, 3.8) is 0 Å². The van der Waals surface area contributed by atoms with Gasteiger partial charge in [0.05, 0.1) is 19.3 Å². The second-order valence-corrected chi connectivity index (χ2v) is 15.8. The number of H-pyrrole nitrogens is 2. The number of aromatic nitrogens is 8. The molecule has 2 aliphatic rings. The molecule has 5 N–H and O–H groups in total. The Morgan fingerprint density at radius 3 is 2.87 bits per heavy atom. The van der Waals surface area contributed by atoms with E-state index >= 15 is 13.2 Å². The van der Waals surface area contributed by atoms with Crippen molar-refractivity contribution in [3.05, 3.63) is 34.5 Å². The normalized spacial score (nSPS) is 30.9. The first kappa shape index (κ1) is 33.3. The van der Waals surface area contributed by atoms with Gasteiger partial charge in [0.15, 0.2) is 30.1 Å². The summed E-state index contributed by atoms with van der Waals surface area (Å²) in [5, 5.41) is 0. The van der Waals surface area contributed by atoms with Crippen molar-refractivity contribution in [1.82, 2.24) is 34.5 Å². The molecular formula is C21H25F3N9O9P2S2+. The van der Waals surface area contributed by atoms with Crippen molar-refractivity contribution >= 4 is 65.8 Å². The SMILES string of the molecule is COCc1ncc2nc3n(c2n1)CC(F)(F)COP(O)(=S)OCC1OC([n+]2c[nH]c4c(=O)[nH]c(N)nc42)C(OP(=O)(S)OC3)C1F. The summed E-state index contributed by atoms with van der Waals surface area (Å²) in [5.74, 6) is -4.04. The molecule has 0 aromatic carbocycles. The third kappa shape index (κ3) is 6.85. The van der Waals surface area contributed by atoms with E-state index in [1.54, 1.807) is 0 Å². The van der Waals surface area contributed by atoms with Crippen LogP contribution in [0.15, 0.2) is 17.3 Å². The Hall–Kier alpha value is -2.56. The van der Waals surface area contributed by atoms with E-state index in [2.05, 4.69) is 42.2 Å². The Kier molecular flexibility index (Phi) is 9.04. The maximum atomic E-state index is 16.0. The molecule has 4 aromatic heterocycles. The second-order valence-electron chi connectivity index (χ2n) is 10.1. The zero-order valence-corrected chi connectivity index (χ0v) is 26.9. The fourth-order valence-electron chi connectivity index (χ4n) is 4.81. The lowest BCUT2D eigenvalue weighted by Crippen LogP contribution is -2.46. The van der Waals surface area contributed by atoms with Gasteiger partial charge in [-0.05, 0) is 11.8 Å². The summed E-state index contributed by atoms with van der Waals surface area (Å²) in [5.41, 5.74) is 4.91. The van der Waals surface area contributed by atoms with E-state index in [4.69, 9.17) is 45.1 Å². The van der Waals surface area contributed by atoms with Crippen molar-refractivity contribution in [1.29, 1.82) is 0 Å². The van der Waals surface area contributed by atoms with Gasteiger partial charge < -0.3 is 33.7 Å². The van der Waals surface area contributed by atoms with Gasteiger partial charge >= 0.3 is 19.2 Å². The maximum absolute atomic E-state index is 16.0. The van der Waals surface area contributed by atoms with Crippen LogP contribution >= 0.6 is 25.8 Å². The predicted molar refractivity (Wildman–Crippen MR) is 156 cm³/mol. The molecule has 2 bridgehead atoms. The van der Waals surface area contributed by atoms with Gasteiger partial charge in [0.2, 0.25) is 11.7 Å². The molecule has 18 nitrogen and oxygen atoms in total. The van der Waals surface area contributed by atoms with Crippen LogP contribution < -0.4 is 15.9 Å². The summed E-state index contributed by atoms with van der Waals surface area (Å²) in [6.07, 6.45) is -4.56. The van der Waals surface area contributed by atoms with Crippen LogP contribution in [-0.4, -0.2) is 84.0 Å². The van der Waals surface area contributed by atoms with Crippen molar-refractivity contribution in [2.75, 3.05) is 26.1 Å². The molecule has 6 heterocycles. The average Bonchev–Trinajstić information content (AvgIpc) is 3.63. The largest absolute Gasteiger partial charge is 0.387 e. The molecule has 0 radical (unpaired) electrons. The Morgan fingerprint density at radius 2 is 2.11 bits per heavy atom. The van der Waals surface area contributed by atoms with Crippen LogP contribution in [0.4, 0.5) is 19.1 Å². The molecule has 250 valence electrons. The van der Waals surface area contributed by atoms with Crippen molar-refractivity contribution < 1.29 is 54.8 Å². The number of fused-ring (bicyclic) bond motifs is 6.